The second-order valence-corrected chi connectivity index (χ2v) is 10.7. The van der Waals surface area contributed by atoms with Crippen molar-refractivity contribution in [3.05, 3.63) is 41.2 Å². The van der Waals surface area contributed by atoms with Crippen LogP contribution in [0.15, 0.2) is 41.2 Å². The van der Waals surface area contributed by atoms with E-state index in [2.05, 4.69) is 21.0 Å². The Morgan fingerprint density at radius 3 is 2.51 bits per heavy atom. The molecule has 14 heteroatoms. The number of fused-ring (bicyclic) bond motifs is 1. The minimum Gasteiger partial charge on any atom is -0.392 e. The molecule has 2 aliphatic rings. The molecule has 0 aliphatic carbocycles. The average molecular weight is 568 g/mol. The third-order valence-corrected chi connectivity index (χ3v) is 8.14. The summed E-state index contributed by atoms with van der Waals surface area (Å²) in [6.45, 7) is 2.49. The van der Waals surface area contributed by atoms with Gasteiger partial charge in [-0.3, -0.25) is 19.3 Å². The number of carbonyl (C=O) groups excluding carboxylic acids is 3. The van der Waals surface area contributed by atoms with Gasteiger partial charge in [0.25, 0.3) is 5.91 Å². The largest absolute Gasteiger partial charge is 0.405 e. The van der Waals surface area contributed by atoms with Crippen LogP contribution in [-0.4, -0.2) is 82.8 Å². The molecule has 212 valence electrons. The molecule has 0 radical (unpaired) electrons. The smallest absolute Gasteiger partial charge is 0.392 e. The van der Waals surface area contributed by atoms with Crippen molar-refractivity contribution in [2.24, 2.45) is 11.5 Å². The highest BCUT2D eigenvalue weighted by atomic mass is 32.2. The number of nitrogens with two attached hydrogens (primary N) is 2. The van der Waals surface area contributed by atoms with Gasteiger partial charge in [-0.2, -0.15) is 13.2 Å². The van der Waals surface area contributed by atoms with E-state index in [0.717, 1.165) is 54.3 Å². The molecule has 2 aromatic rings. The summed E-state index contributed by atoms with van der Waals surface area (Å²) < 4.78 is 39.7. The molecule has 3 heterocycles. The van der Waals surface area contributed by atoms with Gasteiger partial charge >= 0.3 is 6.18 Å². The molecule has 39 heavy (non-hydrogen) atoms. The van der Waals surface area contributed by atoms with Gasteiger partial charge in [-0.15, -0.1) is 0 Å². The number of aromatic nitrogens is 1. The summed E-state index contributed by atoms with van der Waals surface area (Å²) in [5, 5.41) is 5.66. The van der Waals surface area contributed by atoms with Crippen LogP contribution in [0.4, 0.5) is 18.9 Å². The summed E-state index contributed by atoms with van der Waals surface area (Å²) in [6, 6.07) is 8.26. The molecular weight excluding hydrogens is 535 g/mol. The fourth-order valence-electron chi connectivity index (χ4n) is 4.90. The van der Waals surface area contributed by atoms with Gasteiger partial charge in [-0.1, -0.05) is 17.8 Å². The molecule has 2 fully saturated rings. The van der Waals surface area contributed by atoms with Gasteiger partial charge < -0.3 is 31.6 Å². The molecule has 1 atom stereocenters. The lowest BCUT2D eigenvalue weighted by atomic mass is 10.0. The highest BCUT2D eigenvalue weighted by molar-refractivity contribution is 8.04. The quantitative estimate of drug-likeness (QED) is 0.340. The number of thioether (sulfide) groups is 1. The molecule has 3 amide bonds. The molecule has 2 aliphatic heterocycles. The van der Waals surface area contributed by atoms with Crippen molar-refractivity contribution in [3.8, 4) is 0 Å². The first-order valence-corrected chi connectivity index (χ1v) is 13.5. The van der Waals surface area contributed by atoms with Crippen LogP contribution < -0.4 is 22.1 Å². The van der Waals surface area contributed by atoms with Crippen LogP contribution >= 0.6 is 11.8 Å². The van der Waals surface area contributed by atoms with Crippen molar-refractivity contribution in [2.45, 2.75) is 37.2 Å². The number of halogens is 3. The monoisotopic (exact) mass is 567 g/mol. The van der Waals surface area contributed by atoms with Gasteiger partial charge in [0.15, 0.2) is 0 Å². The summed E-state index contributed by atoms with van der Waals surface area (Å²) in [5.41, 5.74) is 12.6. The summed E-state index contributed by atoms with van der Waals surface area (Å²) in [7, 11) is 0. The van der Waals surface area contributed by atoms with E-state index < -0.39 is 29.6 Å². The molecule has 0 unspecified atom stereocenters. The Bertz CT molecular complexity index is 1270. The number of rotatable bonds is 9. The van der Waals surface area contributed by atoms with Gasteiger partial charge in [0.1, 0.15) is 22.5 Å². The van der Waals surface area contributed by atoms with E-state index >= 15 is 0 Å². The van der Waals surface area contributed by atoms with Crippen molar-refractivity contribution >= 4 is 46.1 Å². The summed E-state index contributed by atoms with van der Waals surface area (Å²) in [5.74, 6) is -1.67. The van der Waals surface area contributed by atoms with Crippen LogP contribution in [0.3, 0.4) is 0 Å². The molecule has 0 saturated carbocycles. The highest BCUT2D eigenvalue weighted by Gasteiger charge is 2.38. The molecule has 6 N–H and O–H groups in total. The van der Waals surface area contributed by atoms with Gasteiger partial charge in [-0.05, 0) is 43.4 Å². The predicted octanol–water partition coefficient (Wildman–Crippen LogP) is 1.95. The second-order valence-electron chi connectivity index (χ2n) is 9.56. The number of piperidine rings is 1. The topological polar surface area (TPSA) is 139 Å². The third kappa shape index (κ3) is 6.79. The Morgan fingerprint density at radius 2 is 1.87 bits per heavy atom. The molecule has 4 rings (SSSR count). The number of carbonyl (C=O) groups is 3. The zero-order valence-electron chi connectivity index (χ0n) is 21.5. The SMILES string of the molecule is CCN1C(=O)[C@@H](CNc2ccc3ccn(C4CCN(CC(N)=O)CC4)c3c2)S/C1=C(/N)C(=O)NCC(F)(F)F. The lowest BCUT2D eigenvalue weighted by molar-refractivity contribution is -0.136. The summed E-state index contributed by atoms with van der Waals surface area (Å²) in [6.07, 6.45) is -0.731. The van der Waals surface area contributed by atoms with Crippen molar-refractivity contribution in [3.63, 3.8) is 0 Å². The number of hydrogen-bond donors (Lipinski definition) is 4. The van der Waals surface area contributed by atoms with E-state index in [4.69, 9.17) is 11.5 Å². The molecule has 10 nitrogen and oxygen atoms in total. The van der Waals surface area contributed by atoms with Gasteiger partial charge in [-0.25, -0.2) is 0 Å². The molecule has 0 spiro atoms. The maximum Gasteiger partial charge on any atom is 0.405 e. The first kappa shape index (κ1) is 28.6. The van der Waals surface area contributed by atoms with Crippen molar-refractivity contribution in [2.75, 3.05) is 44.6 Å². The highest BCUT2D eigenvalue weighted by Crippen LogP contribution is 2.37. The average Bonchev–Trinajstić information content (AvgIpc) is 3.45. The van der Waals surface area contributed by atoms with Gasteiger partial charge in [0.05, 0.1) is 12.1 Å². The number of amides is 3. The zero-order chi connectivity index (χ0) is 28.3. The van der Waals surface area contributed by atoms with Crippen LogP contribution in [0.5, 0.6) is 0 Å². The molecule has 1 aromatic carbocycles. The Balaban J connectivity index is 1.42. The zero-order valence-corrected chi connectivity index (χ0v) is 22.3. The van der Waals surface area contributed by atoms with Gasteiger partial charge in [0.2, 0.25) is 11.8 Å². The molecule has 0 bridgehead atoms. The first-order valence-electron chi connectivity index (χ1n) is 12.6. The van der Waals surface area contributed by atoms with E-state index in [1.54, 1.807) is 12.2 Å². The normalized spacial score (nSPS) is 20.5. The Kier molecular flexibility index (Phi) is 8.64. The molecular formula is C25H32F3N7O3S. The first-order chi connectivity index (χ1) is 18.5. The standard InChI is InChI=1S/C25H32F3N7O3S/c1-2-34-23(38)19(39-24(34)21(30)22(37)32-14-25(26,27)28)12-31-16-4-3-15-5-10-35(18(15)11-16)17-6-8-33(9-7-17)13-20(29)36/h3-5,10-11,17,19,31H,2,6-9,12-14,30H2,1H3,(H2,29,36)(H,32,37)/b24-21+/t19-/m1/s1. The predicted molar refractivity (Wildman–Crippen MR) is 143 cm³/mol. The fourth-order valence-corrected chi connectivity index (χ4v) is 6.13. The summed E-state index contributed by atoms with van der Waals surface area (Å²) in [4.78, 5) is 39.7. The van der Waals surface area contributed by atoms with E-state index in [1.165, 1.54) is 4.90 Å². The summed E-state index contributed by atoms with van der Waals surface area (Å²) >= 11 is 1.06. The number of alkyl halides is 3. The Morgan fingerprint density at radius 1 is 1.15 bits per heavy atom. The number of likely N-dealkylation sites (tertiary alicyclic amines) is 1. The lowest BCUT2D eigenvalue weighted by Gasteiger charge is -2.32. The second kappa shape index (κ2) is 11.8. The lowest BCUT2D eigenvalue weighted by Crippen LogP contribution is -2.39. The number of nitrogens with zero attached hydrogens (tertiary/aromatic N) is 3. The fraction of sp³-hybridized carbons (Fsp3) is 0.480. The van der Waals surface area contributed by atoms with E-state index in [0.29, 0.717) is 0 Å². The number of anilines is 1. The van der Waals surface area contributed by atoms with Crippen LogP contribution in [0.2, 0.25) is 0 Å². The van der Waals surface area contributed by atoms with E-state index in [9.17, 15) is 27.6 Å². The maximum absolute atomic E-state index is 13.0. The molecule has 2 saturated heterocycles. The maximum atomic E-state index is 13.0. The van der Waals surface area contributed by atoms with E-state index in [1.807, 2.05) is 24.3 Å². The van der Waals surface area contributed by atoms with Gasteiger partial charge in [0, 0.05) is 44.1 Å². The Hall–Kier alpha value is -3.39. The van der Waals surface area contributed by atoms with Crippen molar-refractivity contribution < 1.29 is 27.6 Å². The van der Waals surface area contributed by atoms with Crippen LogP contribution in [0.25, 0.3) is 10.9 Å². The van der Waals surface area contributed by atoms with Crippen molar-refractivity contribution in [1.29, 1.82) is 0 Å². The van der Waals surface area contributed by atoms with E-state index in [-0.39, 0.29) is 42.5 Å². The van der Waals surface area contributed by atoms with Crippen LogP contribution in [0.1, 0.15) is 25.8 Å². The third-order valence-electron chi connectivity index (χ3n) is 6.83. The van der Waals surface area contributed by atoms with Crippen LogP contribution in [-0.2, 0) is 14.4 Å². The minimum absolute atomic E-state index is 0.154. The minimum atomic E-state index is -4.57. The number of primary amides is 1. The van der Waals surface area contributed by atoms with Crippen molar-refractivity contribution in [1.82, 2.24) is 19.7 Å². The number of benzene rings is 1. The molecule has 1 aromatic heterocycles. The van der Waals surface area contributed by atoms with Crippen LogP contribution in [0, 0.1) is 0 Å². The number of nitrogens with one attached hydrogen (secondary N) is 2. The number of hydrogen-bond acceptors (Lipinski definition) is 7. The Labute approximate surface area is 227 Å².